The summed E-state index contributed by atoms with van der Waals surface area (Å²) in [5.41, 5.74) is 11.0. The Bertz CT molecular complexity index is 802. The van der Waals surface area contributed by atoms with Crippen LogP contribution in [0.4, 0.5) is 11.4 Å². The van der Waals surface area contributed by atoms with Gasteiger partial charge in [-0.25, -0.2) is 0 Å². The third-order valence-corrected chi connectivity index (χ3v) is 4.37. The highest BCUT2D eigenvalue weighted by molar-refractivity contribution is 5.79. The Morgan fingerprint density at radius 3 is 1.96 bits per heavy atom. The average Bonchev–Trinajstić information content (AvgIpc) is 3.03. The van der Waals surface area contributed by atoms with Crippen LogP contribution in [0.1, 0.15) is 16.7 Å². The Balaban J connectivity index is 1.90. The van der Waals surface area contributed by atoms with E-state index in [4.69, 9.17) is 5.73 Å². The maximum atomic E-state index is 5.84. The number of nitrogens with two attached hydrogens (primary N) is 1. The number of nitrogens with one attached hydrogen (secondary N) is 2. The Morgan fingerprint density at radius 2 is 1.30 bits per heavy atom. The highest BCUT2D eigenvalue weighted by atomic mass is 15.3. The largest absolute Gasteiger partial charge is 0.354 e. The Labute approximate surface area is 136 Å². The number of fused-ring (bicyclic) bond motifs is 1. The molecule has 0 atom stereocenters. The molecule has 0 radical (unpaired) electrons. The second-order valence-corrected chi connectivity index (χ2v) is 5.82. The number of hydrogen-bond acceptors (Lipinski definition) is 3. The summed E-state index contributed by atoms with van der Waals surface area (Å²) < 4.78 is 0. The third-order valence-electron chi connectivity index (χ3n) is 4.37. The van der Waals surface area contributed by atoms with Crippen molar-refractivity contribution in [3.63, 3.8) is 0 Å². The first-order valence-corrected chi connectivity index (χ1v) is 7.82. The van der Waals surface area contributed by atoms with Gasteiger partial charge in [0, 0.05) is 17.7 Å². The third kappa shape index (κ3) is 2.26. The second-order valence-electron chi connectivity index (χ2n) is 5.82. The number of benzene rings is 3. The first kappa shape index (κ1) is 13.9. The van der Waals surface area contributed by atoms with Crippen molar-refractivity contribution in [2.45, 2.75) is 12.2 Å². The molecular formula is C20H19N3. The summed E-state index contributed by atoms with van der Waals surface area (Å²) in [6.45, 7) is 0.533. The van der Waals surface area contributed by atoms with Crippen LogP contribution in [0.15, 0.2) is 78.9 Å². The molecule has 114 valence electrons. The van der Waals surface area contributed by atoms with Crippen molar-refractivity contribution in [1.29, 1.82) is 0 Å². The minimum atomic E-state index is -0.476. The van der Waals surface area contributed by atoms with Crippen LogP contribution in [-0.2, 0) is 12.2 Å². The average molecular weight is 301 g/mol. The lowest BCUT2D eigenvalue weighted by Gasteiger charge is -2.32. The molecule has 0 saturated heterocycles. The smallest absolute Gasteiger partial charge is 0.161 e. The zero-order valence-corrected chi connectivity index (χ0v) is 12.8. The van der Waals surface area contributed by atoms with Gasteiger partial charge in [-0.1, -0.05) is 60.7 Å². The fourth-order valence-electron chi connectivity index (χ4n) is 3.21. The summed E-state index contributed by atoms with van der Waals surface area (Å²) in [4.78, 5) is 0. The fourth-order valence-corrected chi connectivity index (χ4v) is 3.21. The Hall–Kier alpha value is -2.78. The van der Waals surface area contributed by atoms with Crippen LogP contribution in [0.5, 0.6) is 0 Å². The van der Waals surface area contributed by atoms with E-state index in [1.807, 2.05) is 18.2 Å². The lowest BCUT2D eigenvalue weighted by molar-refractivity contribution is 0.702. The van der Waals surface area contributed by atoms with Crippen molar-refractivity contribution in [2.75, 3.05) is 10.6 Å². The number of hydrogen-bond donors (Lipinski definition) is 3. The van der Waals surface area contributed by atoms with Crippen molar-refractivity contribution in [3.05, 3.63) is 95.6 Å². The van der Waals surface area contributed by atoms with Crippen LogP contribution >= 0.6 is 0 Å². The summed E-state index contributed by atoms with van der Waals surface area (Å²) in [5, 5.41) is 7.36. The van der Waals surface area contributed by atoms with Crippen LogP contribution < -0.4 is 16.4 Å². The van der Waals surface area contributed by atoms with E-state index in [9.17, 15) is 0 Å². The van der Waals surface area contributed by atoms with Crippen molar-refractivity contribution in [2.24, 2.45) is 5.73 Å². The Kier molecular flexibility index (Phi) is 3.28. The van der Waals surface area contributed by atoms with E-state index >= 15 is 0 Å². The molecular weight excluding hydrogens is 282 g/mol. The second kappa shape index (κ2) is 5.45. The van der Waals surface area contributed by atoms with Gasteiger partial charge in [0.15, 0.2) is 5.66 Å². The van der Waals surface area contributed by atoms with Gasteiger partial charge in [0.2, 0.25) is 0 Å². The predicted molar refractivity (Wildman–Crippen MR) is 95.2 cm³/mol. The van der Waals surface area contributed by atoms with Gasteiger partial charge in [0.1, 0.15) is 0 Å². The number of anilines is 2. The van der Waals surface area contributed by atoms with E-state index < -0.39 is 5.66 Å². The summed E-state index contributed by atoms with van der Waals surface area (Å²) in [6, 6.07) is 27.2. The summed E-state index contributed by atoms with van der Waals surface area (Å²) in [6.07, 6.45) is 0. The molecule has 0 fully saturated rings. The molecule has 4 N–H and O–H groups in total. The highest BCUT2D eigenvalue weighted by Gasteiger charge is 2.39. The topological polar surface area (TPSA) is 50.1 Å². The molecule has 1 heterocycles. The quantitative estimate of drug-likeness (QED) is 0.688. The minimum absolute atomic E-state index is 0.476. The zero-order chi connectivity index (χ0) is 15.7. The van der Waals surface area contributed by atoms with Crippen molar-refractivity contribution < 1.29 is 0 Å². The standard InChI is InChI=1S/C20H19N3/c21-14-15-7-6-10-17(13-15)20(16-8-2-1-3-9-16)22-18-11-4-5-12-19(18)23-20/h1-13,22-23H,14,21H2. The van der Waals surface area contributed by atoms with Crippen molar-refractivity contribution >= 4 is 11.4 Å². The Morgan fingerprint density at radius 1 is 0.696 bits per heavy atom. The molecule has 3 heteroatoms. The molecule has 23 heavy (non-hydrogen) atoms. The fraction of sp³-hybridized carbons (Fsp3) is 0.100. The molecule has 1 aliphatic heterocycles. The van der Waals surface area contributed by atoms with Crippen LogP contribution in [0.2, 0.25) is 0 Å². The molecule has 1 aliphatic rings. The molecule has 3 aromatic carbocycles. The lowest BCUT2D eigenvalue weighted by Crippen LogP contribution is -2.40. The molecule has 0 amide bonds. The molecule has 3 nitrogen and oxygen atoms in total. The molecule has 0 unspecified atom stereocenters. The normalized spacial score (nSPS) is 14.7. The zero-order valence-electron chi connectivity index (χ0n) is 12.8. The number of para-hydroxylation sites is 2. The predicted octanol–water partition coefficient (Wildman–Crippen LogP) is 3.88. The summed E-state index contributed by atoms with van der Waals surface area (Å²) in [7, 11) is 0. The van der Waals surface area contributed by atoms with E-state index in [1.54, 1.807) is 0 Å². The first-order chi connectivity index (χ1) is 11.3. The lowest BCUT2D eigenvalue weighted by atomic mass is 9.90. The molecule has 4 rings (SSSR count). The van der Waals surface area contributed by atoms with E-state index in [-0.39, 0.29) is 0 Å². The molecule has 0 aliphatic carbocycles. The van der Waals surface area contributed by atoms with Gasteiger partial charge in [-0.3, -0.25) is 0 Å². The van der Waals surface area contributed by atoms with Crippen LogP contribution in [0.3, 0.4) is 0 Å². The van der Waals surface area contributed by atoms with Crippen LogP contribution in [0, 0.1) is 0 Å². The van der Waals surface area contributed by atoms with E-state index in [1.165, 1.54) is 5.56 Å². The van der Waals surface area contributed by atoms with Crippen LogP contribution in [0.25, 0.3) is 0 Å². The number of rotatable bonds is 3. The van der Waals surface area contributed by atoms with Gasteiger partial charge in [-0.2, -0.15) is 0 Å². The van der Waals surface area contributed by atoms with Gasteiger partial charge in [0.05, 0.1) is 11.4 Å². The SMILES string of the molecule is NCc1cccc(C2(c3ccccc3)Nc3ccccc3N2)c1. The summed E-state index contributed by atoms with van der Waals surface area (Å²) in [5.74, 6) is 0. The van der Waals surface area contributed by atoms with Crippen LogP contribution in [-0.4, -0.2) is 0 Å². The van der Waals surface area contributed by atoms with Crippen molar-refractivity contribution in [1.82, 2.24) is 0 Å². The first-order valence-electron chi connectivity index (χ1n) is 7.82. The molecule has 3 aromatic rings. The molecule has 0 saturated carbocycles. The van der Waals surface area contributed by atoms with E-state index in [0.717, 1.165) is 22.5 Å². The van der Waals surface area contributed by atoms with Gasteiger partial charge in [-0.15, -0.1) is 0 Å². The van der Waals surface area contributed by atoms with Crippen molar-refractivity contribution in [3.8, 4) is 0 Å². The van der Waals surface area contributed by atoms with E-state index in [0.29, 0.717) is 6.54 Å². The van der Waals surface area contributed by atoms with Gasteiger partial charge in [-0.05, 0) is 23.8 Å². The van der Waals surface area contributed by atoms with E-state index in [2.05, 4.69) is 71.3 Å². The van der Waals surface area contributed by atoms with Gasteiger partial charge < -0.3 is 16.4 Å². The maximum absolute atomic E-state index is 5.84. The van der Waals surface area contributed by atoms with Gasteiger partial charge >= 0.3 is 0 Å². The summed E-state index contributed by atoms with van der Waals surface area (Å²) >= 11 is 0. The molecule has 0 bridgehead atoms. The van der Waals surface area contributed by atoms with Gasteiger partial charge in [0.25, 0.3) is 0 Å². The molecule has 0 aromatic heterocycles. The maximum Gasteiger partial charge on any atom is 0.161 e. The minimum Gasteiger partial charge on any atom is -0.354 e. The molecule has 0 spiro atoms. The monoisotopic (exact) mass is 301 g/mol. The highest BCUT2D eigenvalue weighted by Crippen LogP contribution is 2.43.